The monoisotopic (exact) mass is 370 g/mol. The van der Waals surface area contributed by atoms with Crippen LogP contribution in [0.15, 0.2) is 30.9 Å². The number of hydrogen-bond donors (Lipinski definition) is 1. The molecule has 1 fully saturated rings. The Bertz CT molecular complexity index is 802. The molecule has 1 unspecified atom stereocenters. The van der Waals surface area contributed by atoms with Crippen molar-refractivity contribution in [3.63, 3.8) is 0 Å². The van der Waals surface area contributed by atoms with Crippen molar-refractivity contribution in [2.24, 2.45) is 5.92 Å². The lowest BCUT2D eigenvalue weighted by Crippen LogP contribution is -2.48. The van der Waals surface area contributed by atoms with Gasteiger partial charge in [-0.1, -0.05) is 0 Å². The highest BCUT2D eigenvalue weighted by molar-refractivity contribution is 5.92. The van der Waals surface area contributed by atoms with Gasteiger partial charge in [0.1, 0.15) is 11.7 Å². The van der Waals surface area contributed by atoms with E-state index in [1.807, 2.05) is 6.07 Å². The molecule has 142 valence electrons. The zero-order valence-corrected chi connectivity index (χ0v) is 15.0. The summed E-state index contributed by atoms with van der Waals surface area (Å²) in [6.45, 7) is 2.75. The minimum Gasteiger partial charge on any atom is -0.381 e. The second-order valence-corrected chi connectivity index (χ2v) is 6.86. The van der Waals surface area contributed by atoms with Crippen molar-refractivity contribution in [1.29, 1.82) is 0 Å². The van der Waals surface area contributed by atoms with Crippen LogP contribution in [0.25, 0.3) is 0 Å². The van der Waals surface area contributed by atoms with Crippen molar-refractivity contribution >= 4 is 11.8 Å². The van der Waals surface area contributed by atoms with Crippen LogP contribution >= 0.6 is 0 Å². The van der Waals surface area contributed by atoms with Crippen LogP contribution in [0.4, 0.5) is 0 Å². The van der Waals surface area contributed by atoms with E-state index in [0.717, 1.165) is 31.7 Å². The number of hydrogen-bond acceptors (Lipinski definition) is 6. The Kier molecular flexibility index (Phi) is 5.10. The summed E-state index contributed by atoms with van der Waals surface area (Å²) in [5.74, 6) is 0.0709. The minimum atomic E-state index is -0.552. The summed E-state index contributed by atoms with van der Waals surface area (Å²) in [6, 6.07) is 1.28. The van der Waals surface area contributed by atoms with Crippen molar-refractivity contribution in [2.75, 3.05) is 26.3 Å². The number of nitrogens with one attached hydrogen (secondary N) is 1. The van der Waals surface area contributed by atoms with E-state index in [2.05, 4.69) is 20.4 Å². The van der Waals surface area contributed by atoms with Crippen LogP contribution in [0.5, 0.6) is 0 Å². The molecule has 2 aliphatic heterocycles. The molecule has 0 aliphatic carbocycles. The van der Waals surface area contributed by atoms with Gasteiger partial charge in [0, 0.05) is 38.3 Å². The molecule has 1 N–H and O–H groups in total. The number of fused-ring (bicyclic) bond motifs is 1. The largest absolute Gasteiger partial charge is 0.381 e. The molecule has 1 saturated heterocycles. The van der Waals surface area contributed by atoms with Crippen LogP contribution in [0, 0.1) is 5.92 Å². The van der Waals surface area contributed by atoms with E-state index in [4.69, 9.17) is 4.74 Å². The summed E-state index contributed by atoms with van der Waals surface area (Å²) in [6.07, 6.45) is 8.01. The van der Waals surface area contributed by atoms with Crippen LogP contribution < -0.4 is 5.32 Å². The van der Waals surface area contributed by atoms with Crippen molar-refractivity contribution in [3.8, 4) is 0 Å². The quantitative estimate of drug-likeness (QED) is 0.836. The number of rotatable bonds is 4. The summed E-state index contributed by atoms with van der Waals surface area (Å²) in [5, 5.41) is 7.32. The number of amides is 2. The van der Waals surface area contributed by atoms with Gasteiger partial charge in [-0.15, -0.1) is 0 Å². The van der Waals surface area contributed by atoms with Gasteiger partial charge in [-0.25, -0.2) is 4.98 Å². The molecule has 4 heterocycles. The SMILES string of the molecule is O=C(NCC1CCOCC1)C1CN(C(=O)c2cnccn2)Cc2ccnn21. The minimum absolute atomic E-state index is 0.122. The summed E-state index contributed by atoms with van der Waals surface area (Å²) in [5.41, 5.74) is 1.09. The predicted octanol–water partition coefficient (Wildman–Crippen LogP) is 0.413. The van der Waals surface area contributed by atoms with Crippen LogP contribution in [0.2, 0.25) is 0 Å². The molecule has 1 atom stereocenters. The molecule has 2 aromatic heterocycles. The average molecular weight is 370 g/mol. The Hall–Kier alpha value is -2.81. The first-order chi connectivity index (χ1) is 13.2. The molecule has 2 aromatic rings. The second kappa shape index (κ2) is 7.83. The van der Waals surface area contributed by atoms with Gasteiger partial charge in [0.05, 0.1) is 25.0 Å². The molecule has 2 aliphatic rings. The Morgan fingerprint density at radius 1 is 1.22 bits per heavy atom. The molecule has 27 heavy (non-hydrogen) atoms. The van der Waals surface area contributed by atoms with Crippen LogP contribution in [-0.2, 0) is 16.1 Å². The number of carbonyl (C=O) groups is 2. The maximum Gasteiger partial charge on any atom is 0.274 e. The zero-order valence-electron chi connectivity index (χ0n) is 15.0. The van der Waals surface area contributed by atoms with Gasteiger partial charge in [-0.2, -0.15) is 5.10 Å². The molecule has 9 heteroatoms. The van der Waals surface area contributed by atoms with Crippen LogP contribution in [0.3, 0.4) is 0 Å². The van der Waals surface area contributed by atoms with E-state index in [0.29, 0.717) is 19.0 Å². The van der Waals surface area contributed by atoms with Crippen molar-refractivity contribution in [2.45, 2.75) is 25.4 Å². The van der Waals surface area contributed by atoms with Gasteiger partial charge < -0.3 is 15.0 Å². The highest BCUT2D eigenvalue weighted by atomic mass is 16.5. The Morgan fingerprint density at radius 3 is 2.85 bits per heavy atom. The van der Waals surface area contributed by atoms with Gasteiger partial charge in [0.15, 0.2) is 0 Å². The zero-order chi connectivity index (χ0) is 18.6. The predicted molar refractivity (Wildman–Crippen MR) is 94.6 cm³/mol. The smallest absolute Gasteiger partial charge is 0.274 e. The van der Waals surface area contributed by atoms with E-state index in [-0.39, 0.29) is 24.1 Å². The summed E-state index contributed by atoms with van der Waals surface area (Å²) in [4.78, 5) is 35.2. The highest BCUT2D eigenvalue weighted by Gasteiger charge is 2.34. The Labute approximate surface area is 156 Å². The van der Waals surface area contributed by atoms with Gasteiger partial charge in [-0.3, -0.25) is 19.3 Å². The standard InChI is InChI=1S/C18H22N6O3/c25-17(21-9-13-2-7-27-8-3-13)16-12-23(11-14-1-4-22-24(14)16)18(26)15-10-19-5-6-20-15/h1,4-6,10,13,16H,2-3,7-9,11-12H2,(H,21,25). The Morgan fingerprint density at radius 2 is 2.07 bits per heavy atom. The lowest BCUT2D eigenvalue weighted by molar-refractivity contribution is -0.126. The number of nitrogens with zero attached hydrogens (tertiary/aromatic N) is 5. The molecular weight excluding hydrogens is 348 g/mol. The van der Waals surface area contributed by atoms with Crippen molar-refractivity contribution in [1.82, 2.24) is 30.0 Å². The van der Waals surface area contributed by atoms with E-state index < -0.39 is 6.04 Å². The first-order valence-electron chi connectivity index (χ1n) is 9.15. The van der Waals surface area contributed by atoms with Crippen molar-refractivity contribution in [3.05, 3.63) is 42.2 Å². The Balaban J connectivity index is 1.46. The van der Waals surface area contributed by atoms with Crippen LogP contribution in [-0.4, -0.2) is 62.8 Å². The summed E-state index contributed by atoms with van der Waals surface area (Å²) < 4.78 is 7.07. The van der Waals surface area contributed by atoms with Gasteiger partial charge in [0.25, 0.3) is 5.91 Å². The molecule has 2 amide bonds. The molecule has 0 bridgehead atoms. The van der Waals surface area contributed by atoms with E-state index >= 15 is 0 Å². The van der Waals surface area contributed by atoms with Gasteiger partial charge in [0.2, 0.25) is 5.91 Å². The lowest BCUT2D eigenvalue weighted by Gasteiger charge is -2.33. The van der Waals surface area contributed by atoms with Gasteiger partial charge in [-0.05, 0) is 24.8 Å². The van der Waals surface area contributed by atoms with Gasteiger partial charge >= 0.3 is 0 Å². The van der Waals surface area contributed by atoms with E-state index in [1.165, 1.54) is 18.6 Å². The lowest BCUT2D eigenvalue weighted by atomic mass is 10.0. The molecular formula is C18H22N6O3. The third-order valence-corrected chi connectivity index (χ3v) is 5.07. The first-order valence-corrected chi connectivity index (χ1v) is 9.15. The fourth-order valence-electron chi connectivity index (χ4n) is 3.53. The maximum absolute atomic E-state index is 12.8. The molecule has 0 spiro atoms. The molecule has 0 saturated carbocycles. The molecule has 0 radical (unpaired) electrons. The highest BCUT2D eigenvalue weighted by Crippen LogP contribution is 2.22. The second-order valence-electron chi connectivity index (χ2n) is 6.86. The number of carbonyl (C=O) groups excluding carboxylic acids is 2. The first kappa shape index (κ1) is 17.6. The third-order valence-electron chi connectivity index (χ3n) is 5.07. The molecule has 9 nitrogen and oxygen atoms in total. The summed E-state index contributed by atoms with van der Waals surface area (Å²) >= 11 is 0. The van der Waals surface area contributed by atoms with Crippen LogP contribution in [0.1, 0.15) is 35.1 Å². The fraction of sp³-hybridized carbons (Fsp3) is 0.500. The number of ether oxygens (including phenoxy) is 1. The topological polar surface area (TPSA) is 102 Å². The maximum atomic E-state index is 12.8. The van der Waals surface area contributed by atoms with E-state index in [1.54, 1.807) is 15.8 Å². The normalized spacial score (nSPS) is 20.1. The average Bonchev–Trinajstić information content (AvgIpc) is 3.21. The fourth-order valence-corrected chi connectivity index (χ4v) is 3.53. The van der Waals surface area contributed by atoms with Crippen molar-refractivity contribution < 1.29 is 14.3 Å². The number of aromatic nitrogens is 4. The molecule has 4 rings (SSSR count). The van der Waals surface area contributed by atoms with E-state index in [9.17, 15) is 9.59 Å². The summed E-state index contributed by atoms with van der Waals surface area (Å²) in [7, 11) is 0. The third kappa shape index (κ3) is 3.82. The molecule has 0 aromatic carbocycles.